The molecule has 0 saturated carbocycles. The number of hydrogen-bond donors (Lipinski definition) is 1. The van der Waals surface area contributed by atoms with Gasteiger partial charge in [0.15, 0.2) is 0 Å². The first-order valence-corrected chi connectivity index (χ1v) is 8.67. The number of piperazine rings is 1. The van der Waals surface area contributed by atoms with Crippen molar-refractivity contribution in [3.05, 3.63) is 48.8 Å². The lowest BCUT2D eigenvalue weighted by Crippen LogP contribution is -2.50. The molecule has 2 aromatic rings. The molecule has 1 N–H and O–H groups in total. The Labute approximate surface area is 152 Å². The number of pyridine rings is 1. The number of aromatic nitrogens is 1. The topological polar surface area (TPSA) is 74.8 Å². The van der Waals surface area contributed by atoms with Crippen molar-refractivity contribution in [1.29, 1.82) is 0 Å². The summed E-state index contributed by atoms with van der Waals surface area (Å²) in [5.41, 5.74) is 1.79. The van der Waals surface area contributed by atoms with Crippen LogP contribution >= 0.6 is 0 Å². The molecule has 1 aliphatic rings. The number of esters is 1. The number of nitrogens with zero attached hydrogens (tertiary/aromatic N) is 3. The van der Waals surface area contributed by atoms with E-state index >= 15 is 0 Å². The molecule has 0 spiro atoms. The minimum Gasteiger partial charge on any atom is -0.427 e. The lowest BCUT2D eigenvalue weighted by atomic mass is 10.2. The number of rotatable bonds is 4. The van der Waals surface area contributed by atoms with Gasteiger partial charge in [-0.15, -0.1) is 0 Å². The van der Waals surface area contributed by atoms with Crippen LogP contribution in [0, 0.1) is 0 Å². The van der Waals surface area contributed by atoms with E-state index in [2.05, 4.69) is 15.2 Å². The Morgan fingerprint density at radius 2 is 1.69 bits per heavy atom. The number of carbonyl (C=O) groups is 2. The second-order valence-electron chi connectivity index (χ2n) is 5.96. The molecule has 136 valence electrons. The van der Waals surface area contributed by atoms with Crippen LogP contribution in [0.25, 0.3) is 0 Å². The van der Waals surface area contributed by atoms with E-state index in [9.17, 15) is 9.59 Å². The Hall–Kier alpha value is -3.09. The summed E-state index contributed by atoms with van der Waals surface area (Å²) in [6, 6.07) is 10.6. The lowest BCUT2D eigenvalue weighted by molar-refractivity contribution is -0.134. The highest BCUT2D eigenvalue weighted by molar-refractivity contribution is 5.89. The Bertz CT molecular complexity index is 741. The van der Waals surface area contributed by atoms with Gasteiger partial charge >= 0.3 is 12.0 Å². The summed E-state index contributed by atoms with van der Waals surface area (Å²) in [6.45, 7) is 4.61. The van der Waals surface area contributed by atoms with E-state index < -0.39 is 0 Å². The molecule has 0 bridgehead atoms. The average Bonchev–Trinajstić information content (AvgIpc) is 2.70. The molecule has 2 amide bonds. The van der Waals surface area contributed by atoms with E-state index in [1.807, 2.05) is 12.1 Å². The van der Waals surface area contributed by atoms with Gasteiger partial charge < -0.3 is 19.9 Å². The molecule has 1 aliphatic heterocycles. The smallest absolute Gasteiger partial charge is 0.321 e. The Balaban J connectivity index is 1.50. The molecule has 0 aliphatic carbocycles. The summed E-state index contributed by atoms with van der Waals surface area (Å²) in [7, 11) is 0. The average molecular weight is 354 g/mol. The number of carbonyl (C=O) groups excluding carboxylic acids is 2. The monoisotopic (exact) mass is 354 g/mol. The van der Waals surface area contributed by atoms with Crippen LogP contribution in [0.1, 0.15) is 13.3 Å². The third-order valence-corrected chi connectivity index (χ3v) is 4.22. The number of urea groups is 1. The van der Waals surface area contributed by atoms with Crippen LogP contribution in [-0.4, -0.2) is 48.1 Å². The molecular formula is C19H22N4O3. The SMILES string of the molecule is CCC(=O)Oc1ccc(NC(=O)N2CCN(c3ccncc3)CC2)cc1. The van der Waals surface area contributed by atoms with E-state index in [0.29, 0.717) is 30.9 Å². The molecule has 3 rings (SSSR count). The van der Waals surface area contributed by atoms with Gasteiger partial charge in [-0.1, -0.05) is 6.92 Å². The van der Waals surface area contributed by atoms with Crippen molar-refractivity contribution in [3.63, 3.8) is 0 Å². The molecule has 2 heterocycles. The maximum atomic E-state index is 12.4. The fourth-order valence-corrected chi connectivity index (χ4v) is 2.74. The van der Waals surface area contributed by atoms with Crippen molar-refractivity contribution in [1.82, 2.24) is 9.88 Å². The fraction of sp³-hybridized carbons (Fsp3) is 0.316. The van der Waals surface area contributed by atoms with Gasteiger partial charge in [0.05, 0.1) is 0 Å². The van der Waals surface area contributed by atoms with Crippen LogP contribution in [0.15, 0.2) is 48.8 Å². The van der Waals surface area contributed by atoms with Gasteiger partial charge in [-0.3, -0.25) is 9.78 Å². The largest absolute Gasteiger partial charge is 0.427 e. The molecule has 0 unspecified atom stereocenters. The van der Waals surface area contributed by atoms with Crippen molar-refractivity contribution in [2.24, 2.45) is 0 Å². The summed E-state index contributed by atoms with van der Waals surface area (Å²) >= 11 is 0. The van der Waals surface area contributed by atoms with Crippen molar-refractivity contribution in [3.8, 4) is 5.75 Å². The summed E-state index contributed by atoms with van der Waals surface area (Å²) in [4.78, 5) is 31.8. The maximum Gasteiger partial charge on any atom is 0.321 e. The molecular weight excluding hydrogens is 332 g/mol. The molecule has 0 radical (unpaired) electrons. The molecule has 1 fully saturated rings. The van der Waals surface area contributed by atoms with Gasteiger partial charge in [0.2, 0.25) is 0 Å². The fourth-order valence-electron chi connectivity index (χ4n) is 2.74. The van der Waals surface area contributed by atoms with Crippen molar-refractivity contribution >= 4 is 23.4 Å². The lowest BCUT2D eigenvalue weighted by Gasteiger charge is -2.36. The zero-order chi connectivity index (χ0) is 18.4. The third-order valence-electron chi connectivity index (χ3n) is 4.22. The Morgan fingerprint density at radius 3 is 2.31 bits per heavy atom. The first-order valence-electron chi connectivity index (χ1n) is 8.67. The van der Waals surface area contributed by atoms with Gasteiger partial charge in [-0.2, -0.15) is 0 Å². The summed E-state index contributed by atoms with van der Waals surface area (Å²) in [6.07, 6.45) is 3.87. The van der Waals surface area contributed by atoms with Crippen molar-refractivity contribution in [2.45, 2.75) is 13.3 Å². The predicted octanol–water partition coefficient (Wildman–Crippen LogP) is 2.75. The van der Waals surface area contributed by atoms with Crippen molar-refractivity contribution < 1.29 is 14.3 Å². The molecule has 1 aromatic carbocycles. The number of hydrogen-bond acceptors (Lipinski definition) is 5. The number of nitrogens with one attached hydrogen (secondary N) is 1. The zero-order valence-corrected chi connectivity index (χ0v) is 14.7. The molecule has 0 atom stereocenters. The molecule has 7 nitrogen and oxygen atoms in total. The summed E-state index contributed by atoms with van der Waals surface area (Å²) in [5, 5.41) is 2.88. The van der Waals surface area contributed by atoms with Crippen LogP contribution in [0.5, 0.6) is 5.75 Å². The highest BCUT2D eigenvalue weighted by Gasteiger charge is 2.21. The van der Waals surface area contributed by atoms with Gasteiger partial charge in [0.1, 0.15) is 5.75 Å². The minimum absolute atomic E-state index is 0.127. The van der Waals surface area contributed by atoms with Gasteiger partial charge in [0.25, 0.3) is 0 Å². The minimum atomic E-state index is -0.283. The second kappa shape index (κ2) is 8.33. The number of ether oxygens (including phenoxy) is 1. The van der Waals surface area contributed by atoms with Crippen molar-refractivity contribution in [2.75, 3.05) is 36.4 Å². The molecule has 1 aromatic heterocycles. The number of anilines is 2. The molecule has 7 heteroatoms. The van der Waals surface area contributed by atoms with E-state index in [-0.39, 0.29) is 12.0 Å². The van der Waals surface area contributed by atoms with E-state index in [0.717, 1.165) is 18.8 Å². The zero-order valence-electron chi connectivity index (χ0n) is 14.7. The molecule has 1 saturated heterocycles. The Kier molecular flexibility index (Phi) is 5.68. The van der Waals surface area contributed by atoms with Crippen LogP contribution < -0.4 is 15.0 Å². The van der Waals surface area contributed by atoms with E-state index in [1.54, 1.807) is 48.5 Å². The first-order chi connectivity index (χ1) is 12.7. The predicted molar refractivity (Wildman–Crippen MR) is 99.4 cm³/mol. The van der Waals surface area contributed by atoms with Crippen LogP contribution in [-0.2, 0) is 4.79 Å². The summed E-state index contributed by atoms with van der Waals surface area (Å²) < 4.78 is 5.12. The first kappa shape index (κ1) is 17.7. The Morgan fingerprint density at radius 1 is 1.04 bits per heavy atom. The maximum absolute atomic E-state index is 12.4. The highest BCUT2D eigenvalue weighted by atomic mass is 16.5. The standard InChI is InChI=1S/C19H22N4O3/c1-2-18(24)26-17-5-3-15(4-6-17)21-19(25)23-13-11-22(12-14-23)16-7-9-20-10-8-16/h3-10H,2,11-14H2,1H3,(H,21,25). The van der Waals surface area contributed by atoms with E-state index in [1.165, 1.54) is 0 Å². The third kappa shape index (κ3) is 4.50. The summed E-state index contributed by atoms with van der Waals surface area (Å²) in [5.74, 6) is 0.190. The van der Waals surface area contributed by atoms with Crippen LogP contribution in [0.4, 0.5) is 16.2 Å². The van der Waals surface area contributed by atoms with E-state index in [4.69, 9.17) is 4.74 Å². The second-order valence-corrected chi connectivity index (χ2v) is 5.96. The molecule has 26 heavy (non-hydrogen) atoms. The quantitative estimate of drug-likeness (QED) is 0.675. The van der Waals surface area contributed by atoms with Gasteiger partial charge in [-0.05, 0) is 36.4 Å². The highest BCUT2D eigenvalue weighted by Crippen LogP contribution is 2.18. The normalized spacial score (nSPS) is 14.0. The number of amides is 2. The van der Waals surface area contributed by atoms with Gasteiger partial charge in [0, 0.05) is 56.4 Å². The van der Waals surface area contributed by atoms with Gasteiger partial charge in [-0.25, -0.2) is 4.79 Å². The van der Waals surface area contributed by atoms with Crippen LogP contribution in [0.3, 0.4) is 0 Å². The van der Waals surface area contributed by atoms with Crippen LogP contribution in [0.2, 0.25) is 0 Å². The number of benzene rings is 1.